The Kier molecular flexibility index (Phi) is 4.30. The molecule has 0 saturated heterocycles. The number of hydrogen-bond donors (Lipinski definition) is 3. The van der Waals surface area contributed by atoms with Gasteiger partial charge in [-0.05, 0) is 31.2 Å². The fraction of sp³-hybridized carbons (Fsp3) is 0.188. The van der Waals surface area contributed by atoms with E-state index in [2.05, 4.69) is 15.0 Å². The number of esters is 1. The molecule has 11 heteroatoms. The van der Waals surface area contributed by atoms with E-state index < -0.39 is 47.0 Å². The smallest absolute Gasteiger partial charge is 0.506 e. The van der Waals surface area contributed by atoms with Crippen LogP contribution in [0.15, 0.2) is 29.1 Å². The van der Waals surface area contributed by atoms with Crippen LogP contribution in [0.25, 0.3) is 0 Å². The number of pyridine rings is 1. The molecule has 2 heterocycles. The Morgan fingerprint density at radius 3 is 2.48 bits per heavy atom. The van der Waals surface area contributed by atoms with E-state index in [1.165, 1.54) is 6.92 Å². The van der Waals surface area contributed by atoms with Crippen molar-refractivity contribution < 1.29 is 37.3 Å². The second-order valence-corrected chi connectivity index (χ2v) is 5.54. The van der Waals surface area contributed by atoms with Crippen molar-refractivity contribution in [1.29, 1.82) is 0 Å². The van der Waals surface area contributed by atoms with Gasteiger partial charge in [-0.3, -0.25) is 9.59 Å². The molecule has 3 rings (SSSR count). The van der Waals surface area contributed by atoms with E-state index in [0.717, 1.165) is 24.3 Å². The topological polar surface area (TPSA) is 118 Å². The highest BCUT2D eigenvalue weighted by Crippen LogP contribution is 2.36. The molecule has 142 valence electrons. The summed E-state index contributed by atoms with van der Waals surface area (Å²) in [5.74, 6) is -3.06. The van der Waals surface area contributed by atoms with Gasteiger partial charge in [0.1, 0.15) is 28.9 Å². The quantitative estimate of drug-likeness (QED) is 0.700. The number of alkyl halides is 3. The zero-order chi connectivity index (χ0) is 19.9. The summed E-state index contributed by atoms with van der Waals surface area (Å²) >= 11 is 0. The molecule has 1 amide bonds. The lowest BCUT2D eigenvalue weighted by Gasteiger charge is -2.11. The van der Waals surface area contributed by atoms with Gasteiger partial charge in [0.15, 0.2) is 0 Å². The van der Waals surface area contributed by atoms with Gasteiger partial charge in [-0.15, -0.1) is 13.2 Å². The number of H-pyrrole nitrogens is 1. The first-order valence-electron chi connectivity index (χ1n) is 7.44. The number of carbonyl (C=O) groups excluding carboxylic acids is 2. The van der Waals surface area contributed by atoms with Crippen LogP contribution >= 0.6 is 0 Å². The lowest BCUT2D eigenvalue weighted by atomic mass is 10.1. The summed E-state index contributed by atoms with van der Waals surface area (Å²) in [4.78, 5) is 38.2. The second-order valence-electron chi connectivity index (χ2n) is 5.54. The number of aromatic hydroxyl groups is 1. The van der Waals surface area contributed by atoms with Gasteiger partial charge in [0, 0.05) is 5.69 Å². The molecule has 0 unspecified atom stereocenters. The van der Waals surface area contributed by atoms with Gasteiger partial charge in [-0.25, -0.2) is 4.79 Å². The van der Waals surface area contributed by atoms with Crippen LogP contribution in [-0.4, -0.2) is 28.3 Å². The van der Waals surface area contributed by atoms with E-state index in [1.54, 1.807) is 0 Å². The minimum Gasteiger partial charge on any atom is -0.506 e. The predicted molar refractivity (Wildman–Crippen MR) is 83.6 cm³/mol. The largest absolute Gasteiger partial charge is 0.573 e. The Morgan fingerprint density at radius 2 is 1.89 bits per heavy atom. The molecule has 0 fully saturated rings. The van der Waals surface area contributed by atoms with Crippen LogP contribution in [0.3, 0.4) is 0 Å². The number of amides is 1. The van der Waals surface area contributed by atoms with Crippen molar-refractivity contribution in [2.24, 2.45) is 0 Å². The molecule has 2 aromatic rings. The number of benzene rings is 1. The van der Waals surface area contributed by atoms with Crippen LogP contribution in [0, 0.1) is 0 Å². The van der Waals surface area contributed by atoms with E-state index in [-0.39, 0.29) is 16.9 Å². The number of ether oxygens (including phenoxy) is 2. The van der Waals surface area contributed by atoms with Gasteiger partial charge in [0.25, 0.3) is 11.5 Å². The highest BCUT2D eigenvalue weighted by molar-refractivity contribution is 6.07. The van der Waals surface area contributed by atoms with Gasteiger partial charge in [0.05, 0.1) is 5.56 Å². The summed E-state index contributed by atoms with van der Waals surface area (Å²) in [5, 5.41) is 12.5. The molecule has 0 saturated carbocycles. The summed E-state index contributed by atoms with van der Waals surface area (Å²) in [7, 11) is 0. The molecule has 1 aromatic carbocycles. The number of nitrogens with one attached hydrogen (secondary N) is 2. The monoisotopic (exact) mass is 384 g/mol. The summed E-state index contributed by atoms with van der Waals surface area (Å²) in [6.45, 7) is 1.45. The van der Waals surface area contributed by atoms with Crippen LogP contribution < -0.4 is 15.6 Å². The normalized spacial score (nSPS) is 15.9. The number of cyclic esters (lactones) is 1. The number of hydrogen-bond acceptors (Lipinski definition) is 6. The Hall–Kier alpha value is -3.50. The molecule has 0 aliphatic carbocycles. The lowest BCUT2D eigenvalue weighted by molar-refractivity contribution is -0.274. The maximum Gasteiger partial charge on any atom is 0.573 e. The SMILES string of the molecule is C[C@H]1OC(=O)c2[nH]c(=O)c(C(=O)Nc3ccc(OC(F)(F)F)cc3)c(O)c21. The second kappa shape index (κ2) is 6.34. The van der Waals surface area contributed by atoms with Crippen molar-refractivity contribution in [1.82, 2.24) is 4.98 Å². The molecular formula is C16H11F3N2O6. The third-order valence-corrected chi connectivity index (χ3v) is 3.69. The third-order valence-electron chi connectivity index (χ3n) is 3.69. The number of aromatic nitrogens is 1. The Bertz CT molecular complexity index is 981. The molecule has 0 bridgehead atoms. The van der Waals surface area contributed by atoms with Gasteiger partial charge in [-0.2, -0.15) is 0 Å². The summed E-state index contributed by atoms with van der Waals surface area (Å²) in [6, 6.07) is 4.16. The third kappa shape index (κ3) is 3.57. The highest BCUT2D eigenvalue weighted by Gasteiger charge is 2.36. The summed E-state index contributed by atoms with van der Waals surface area (Å²) in [5.41, 5.74) is -1.90. The molecule has 1 atom stereocenters. The highest BCUT2D eigenvalue weighted by atomic mass is 19.4. The predicted octanol–water partition coefficient (Wildman–Crippen LogP) is 2.46. The first-order valence-corrected chi connectivity index (χ1v) is 7.44. The average molecular weight is 384 g/mol. The van der Waals surface area contributed by atoms with Crippen LogP contribution in [-0.2, 0) is 4.74 Å². The van der Waals surface area contributed by atoms with Gasteiger partial charge in [-0.1, -0.05) is 0 Å². The minimum absolute atomic E-state index is 0.0290. The first-order chi connectivity index (χ1) is 12.6. The molecule has 1 aromatic heterocycles. The van der Waals surface area contributed by atoms with Crippen molar-refractivity contribution in [3.05, 3.63) is 51.4 Å². The average Bonchev–Trinajstić information content (AvgIpc) is 2.82. The van der Waals surface area contributed by atoms with Crippen molar-refractivity contribution >= 4 is 17.6 Å². The number of anilines is 1. The molecule has 27 heavy (non-hydrogen) atoms. The molecule has 1 aliphatic rings. The maximum atomic E-state index is 12.3. The number of rotatable bonds is 3. The minimum atomic E-state index is -4.86. The first kappa shape index (κ1) is 18.3. The fourth-order valence-corrected chi connectivity index (χ4v) is 2.58. The number of aromatic amines is 1. The molecule has 8 nitrogen and oxygen atoms in total. The summed E-state index contributed by atoms with van der Waals surface area (Å²) < 4.78 is 45.0. The molecule has 0 spiro atoms. The lowest BCUT2D eigenvalue weighted by Crippen LogP contribution is -2.25. The van der Waals surface area contributed by atoms with E-state index in [1.807, 2.05) is 0 Å². The van der Waals surface area contributed by atoms with Gasteiger partial charge >= 0.3 is 12.3 Å². The fourth-order valence-electron chi connectivity index (χ4n) is 2.58. The molecule has 3 N–H and O–H groups in total. The zero-order valence-corrected chi connectivity index (χ0v) is 13.5. The van der Waals surface area contributed by atoms with Crippen LogP contribution in [0.1, 0.15) is 39.4 Å². The zero-order valence-electron chi connectivity index (χ0n) is 13.5. The van der Waals surface area contributed by atoms with E-state index in [0.29, 0.717) is 0 Å². The van der Waals surface area contributed by atoms with Crippen molar-refractivity contribution in [2.45, 2.75) is 19.4 Å². The molecule has 1 aliphatic heterocycles. The maximum absolute atomic E-state index is 12.3. The summed E-state index contributed by atoms with van der Waals surface area (Å²) in [6.07, 6.45) is -5.72. The Morgan fingerprint density at radius 1 is 1.26 bits per heavy atom. The van der Waals surface area contributed by atoms with Gasteiger partial charge < -0.3 is 24.9 Å². The van der Waals surface area contributed by atoms with E-state index >= 15 is 0 Å². The van der Waals surface area contributed by atoms with Gasteiger partial charge in [0.2, 0.25) is 0 Å². The van der Waals surface area contributed by atoms with Crippen LogP contribution in [0.2, 0.25) is 0 Å². The Labute approximate surface area is 148 Å². The number of fused-ring (bicyclic) bond motifs is 1. The van der Waals surface area contributed by atoms with Crippen molar-refractivity contribution in [3.63, 3.8) is 0 Å². The van der Waals surface area contributed by atoms with Crippen molar-refractivity contribution in [2.75, 3.05) is 5.32 Å². The van der Waals surface area contributed by atoms with Crippen molar-refractivity contribution in [3.8, 4) is 11.5 Å². The number of halogens is 3. The molecular weight excluding hydrogens is 373 g/mol. The standard InChI is InChI=1S/C16H11F3N2O6/c1-6-9-11(15(25)26-6)21-14(24)10(12(9)22)13(23)20-7-2-4-8(5-3-7)27-16(17,18)19/h2-6H,1H3,(H,20,23)(H2,21,22,24)/t6-/m1/s1. The molecule has 0 radical (unpaired) electrons. The van der Waals surface area contributed by atoms with E-state index in [9.17, 15) is 32.7 Å². The Balaban J connectivity index is 1.86. The van der Waals surface area contributed by atoms with E-state index in [4.69, 9.17) is 4.74 Å². The number of carbonyl (C=O) groups is 2. The van der Waals surface area contributed by atoms with Crippen LogP contribution in [0.4, 0.5) is 18.9 Å². The van der Waals surface area contributed by atoms with Crippen LogP contribution in [0.5, 0.6) is 11.5 Å².